The molecule has 16 nitrogen and oxygen atoms in total. The number of rotatable bonds is 12. The Morgan fingerprint density at radius 2 is 1.54 bits per heavy atom. The molecule has 0 fully saturated rings. The summed E-state index contributed by atoms with van der Waals surface area (Å²) in [6.07, 6.45) is 0. The number of hydrogen-bond donors (Lipinski definition) is 5. The van der Waals surface area contributed by atoms with Gasteiger partial charge in [0.25, 0.3) is 5.69 Å². The molecule has 186 valence electrons. The lowest BCUT2D eigenvalue weighted by atomic mass is 10.1. The summed E-state index contributed by atoms with van der Waals surface area (Å²) in [5.41, 5.74) is 5.83. The zero-order valence-corrected chi connectivity index (χ0v) is 19.1. The van der Waals surface area contributed by atoms with Crippen molar-refractivity contribution in [3.63, 3.8) is 0 Å². The first kappa shape index (κ1) is 26.8. The van der Waals surface area contributed by atoms with Crippen molar-refractivity contribution in [2.24, 2.45) is 10.2 Å². The molecule has 0 aliphatic heterocycles. The van der Waals surface area contributed by atoms with Crippen LogP contribution in [0.2, 0.25) is 0 Å². The summed E-state index contributed by atoms with van der Waals surface area (Å²) < 4.78 is 13.2. The molecule has 0 heterocycles. The van der Waals surface area contributed by atoms with Crippen molar-refractivity contribution in [1.82, 2.24) is 0 Å². The molecule has 0 bridgehead atoms. The van der Waals surface area contributed by atoms with E-state index >= 15 is 0 Å². The number of phenolic OH excluding ortho intramolecular Hbond substituents is 1. The Hall–Kier alpha value is -2.79. The Morgan fingerprint density at radius 1 is 0.886 bits per heavy atom. The smallest absolute Gasteiger partial charge is 0.270 e. The van der Waals surface area contributed by atoms with Crippen molar-refractivity contribution >= 4 is 69.7 Å². The van der Waals surface area contributed by atoms with Crippen molar-refractivity contribution < 1.29 is 53.9 Å². The van der Waals surface area contributed by atoms with Gasteiger partial charge in [0.1, 0.15) is 17.1 Å². The minimum absolute atomic E-state index is 0.0417. The number of azo groups is 1. The molecule has 0 spiro atoms. The number of nitrogen functional groups attached to an aromatic ring is 1. The summed E-state index contributed by atoms with van der Waals surface area (Å²) in [4.78, 5) is 11.0. The number of nitrogens with two attached hydrogens (primary N) is 1. The van der Waals surface area contributed by atoms with Crippen LogP contribution in [-0.2, 0) is 28.1 Å². The maximum atomic E-state index is 11.1. The lowest BCUT2D eigenvalue weighted by molar-refractivity contribution is -0.432. The van der Waals surface area contributed by atoms with Crippen LogP contribution >= 0.6 is 36.1 Å². The predicted molar refractivity (Wildman–Crippen MR) is 119 cm³/mol. The fraction of sp³-hybridized carbons (Fsp3) is 0. The van der Waals surface area contributed by atoms with Gasteiger partial charge in [0, 0.05) is 17.0 Å². The lowest BCUT2D eigenvalue weighted by Crippen LogP contribution is -1.93. The zero-order valence-electron chi connectivity index (χ0n) is 16.7. The average Bonchev–Trinajstić information content (AvgIpc) is 2.84. The zero-order chi connectivity index (χ0) is 25.4. The predicted octanol–water partition coefficient (Wildman–Crippen LogP) is 5.74. The van der Waals surface area contributed by atoms with E-state index in [0.717, 1.165) is 12.1 Å². The molecular weight excluding hydrogens is 536 g/mol. The van der Waals surface area contributed by atoms with Gasteiger partial charge in [-0.05, 0) is 29.7 Å². The third-order valence-electron chi connectivity index (χ3n) is 4.05. The van der Waals surface area contributed by atoms with Gasteiger partial charge in [0.15, 0.2) is 0 Å². The van der Waals surface area contributed by atoms with E-state index in [1.165, 1.54) is 24.3 Å². The second kappa shape index (κ2) is 12.8. The average molecular weight is 548 g/mol. The highest BCUT2D eigenvalue weighted by atomic mass is 32.2. The van der Waals surface area contributed by atoms with Gasteiger partial charge in [0.2, 0.25) is 0 Å². The van der Waals surface area contributed by atoms with Crippen molar-refractivity contribution in [1.29, 1.82) is 0 Å². The molecule has 3 rings (SSSR count). The summed E-state index contributed by atoms with van der Waals surface area (Å²) in [6.45, 7) is 0. The quantitative estimate of drug-likeness (QED) is 0.0453. The van der Waals surface area contributed by atoms with Crippen LogP contribution in [-0.4, -0.2) is 25.8 Å². The Balaban J connectivity index is 2.14. The van der Waals surface area contributed by atoms with Gasteiger partial charge in [-0.25, -0.2) is 15.8 Å². The number of nitro groups is 1. The van der Waals surface area contributed by atoms with E-state index in [-0.39, 0.29) is 43.7 Å². The molecule has 35 heavy (non-hydrogen) atoms. The normalized spacial score (nSPS) is 11.5. The van der Waals surface area contributed by atoms with E-state index in [1.54, 1.807) is 0 Å². The van der Waals surface area contributed by atoms with E-state index in [0.29, 0.717) is 46.4 Å². The summed E-state index contributed by atoms with van der Waals surface area (Å²) in [5, 5.41) is 66.2. The lowest BCUT2D eigenvalue weighted by Gasteiger charge is -2.12. The molecule has 0 saturated carbocycles. The van der Waals surface area contributed by atoms with E-state index < -0.39 is 4.92 Å². The Labute approximate surface area is 206 Å². The molecule has 0 aliphatic carbocycles. The fourth-order valence-corrected chi connectivity index (χ4v) is 4.09. The molecule has 3 aromatic carbocycles. The van der Waals surface area contributed by atoms with E-state index in [1.807, 2.05) is 0 Å². The van der Waals surface area contributed by atoms with Crippen molar-refractivity contribution in [3.8, 4) is 5.75 Å². The molecule has 6 N–H and O–H groups in total. The number of aromatic hydroxyl groups is 1. The molecule has 0 unspecified atom stereocenters. The number of non-ortho nitro benzene ring substituents is 1. The maximum Gasteiger partial charge on any atom is 0.270 e. The summed E-state index contributed by atoms with van der Waals surface area (Å²) in [6, 6.07) is 7.76. The van der Waals surface area contributed by atoms with Crippen molar-refractivity contribution in [2.45, 2.75) is 14.7 Å². The topological polar surface area (TPSA) is 230 Å². The standard InChI is InChI=1S/C16H12N4O12S3/c17-15-13(35-32-29-26)4-7-3-9(33-30-27-24)6-11(21)14(7)16(15)19-18-10-2-1-8(20(22)23)5-12(10)34-31-28-25/h1-6,21,24-26H,17H2. The minimum Gasteiger partial charge on any atom is -0.507 e. The highest BCUT2D eigenvalue weighted by Gasteiger charge is 2.18. The molecule has 0 amide bonds. The van der Waals surface area contributed by atoms with Crippen LogP contribution in [0.4, 0.5) is 22.7 Å². The summed E-state index contributed by atoms with van der Waals surface area (Å²) >= 11 is 1.52. The van der Waals surface area contributed by atoms with Crippen LogP contribution in [0.15, 0.2) is 61.3 Å². The van der Waals surface area contributed by atoms with Gasteiger partial charge in [-0.1, -0.05) is 15.1 Å². The molecule has 19 heteroatoms. The number of nitrogens with zero attached hydrogens (tertiary/aromatic N) is 3. The van der Waals surface area contributed by atoms with Crippen LogP contribution in [0.5, 0.6) is 5.75 Å². The minimum atomic E-state index is -0.653. The maximum absolute atomic E-state index is 11.1. The SMILES string of the molecule is Nc1c(SOOO)cc2cc(SOOO)cc(O)c2c1N=Nc1ccc([N+](=O)[O-])cc1SOOO. The Kier molecular flexibility index (Phi) is 9.79. The number of fused-ring (bicyclic) bond motifs is 1. The second-order valence-corrected chi connectivity index (χ2v) is 8.22. The summed E-state index contributed by atoms with van der Waals surface area (Å²) in [7, 11) is 0. The number of hydrogen-bond acceptors (Lipinski definition) is 18. The number of benzene rings is 3. The van der Waals surface area contributed by atoms with Gasteiger partial charge in [0.05, 0.1) is 61.9 Å². The van der Waals surface area contributed by atoms with Gasteiger partial charge in [-0.15, -0.1) is 23.2 Å². The fourth-order valence-electron chi connectivity index (χ4n) is 2.71. The number of nitro benzene ring substituents is 1. The highest BCUT2D eigenvalue weighted by Crippen LogP contribution is 2.46. The number of anilines is 1. The third kappa shape index (κ3) is 6.66. The van der Waals surface area contributed by atoms with E-state index in [2.05, 4.69) is 38.3 Å². The van der Waals surface area contributed by atoms with Crippen LogP contribution in [0.25, 0.3) is 10.8 Å². The molecule has 0 atom stereocenters. The van der Waals surface area contributed by atoms with Crippen LogP contribution in [0.1, 0.15) is 0 Å². The van der Waals surface area contributed by atoms with Crippen molar-refractivity contribution in [3.05, 3.63) is 46.5 Å². The molecular formula is C16H12N4O12S3. The largest absolute Gasteiger partial charge is 0.507 e. The monoisotopic (exact) mass is 548 g/mol. The van der Waals surface area contributed by atoms with Crippen LogP contribution in [0.3, 0.4) is 0 Å². The van der Waals surface area contributed by atoms with E-state index in [9.17, 15) is 15.2 Å². The van der Waals surface area contributed by atoms with E-state index in [4.69, 9.17) is 21.5 Å². The van der Waals surface area contributed by atoms with Gasteiger partial charge >= 0.3 is 0 Å². The highest BCUT2D eigenvalue weighted by molar-refractivity contribution is 7.95. The first-order chi connectivity index (χ1) is 16.9. The Bertz CT molecular complexity index is 1250. The van der Waals surface area contributed by atoms with Gasteiger partial charge < -0.3 is 10.8 Å². The molecule has 0 aromatic heterocycles. The summed E-state index contributed by atoms with van der Waals surface area (Å²) in [5.74, 6) is -0.307. The van der Waals surface area contributed by atoms with Gasteiger partial charge in [-0.2, -0.15) is 0 Å². The molecule has 0 saturated heterocycles. The first-order valence-corrected chi connectivity index (χ1v) is 10.9. The van der Waals surface area contributed by atoms with Crippen LogP contribution < -0.4 is 5.73 Å². The third-order valence-corrected chi connectivity index (χ3v) is 5.89. The molecule has 0 aliphatic rings. The number of phenols is 1. The van der Waals surface area contributed by atoms with Crippen LogP contribution in [0, 0.1) is 10.1 Å². The van der Waals surface area contributed by atoms with Crippen molar-refractivity contribution in [2.75, 3.05) is 5.73 Å². The molecule has 0 radical (unpaired) electrons. The molecule has 3 aromatic rings. The second-order valence-electron chi connectivity index (χ2n) is 5.96. The van der Waals surface area contributed by atoms with Gasteiger partial charge in [-0.3, -0.25) is 10.1 Å². The first-order valence-electron chi connectivity index (χ1n) is 8.63. The Morgan fingerprint density at radius 3 is 2.20 bits per heavy atom.